The molecule has 1 N–H and O–H groups in total. The highest BCUT2D eigenvalue weighted by atomic mass is 32.2. The van der Waals surface area contributed by atoms with Gasteiger partial charge in [0, 0.05) is 24.1 Å². The van der Waals surface area contributed by atoms with E-state index in [1.807, 2.05) is 48.5 Å². The van der Waals surface area contributed by atoms with Gasteiger partial charge in [0.15, 0.2) is 4.75 Å². The molecule has 25 heavy (non-hydrogen) atoms. The second-order valence-corrected chi connectivity index (χ2v) is 7.42. The second kappa shape index (κ2) is 6.80. The number of ether oxygens (including phenoxy) is 1. The summed E-state index contributed by atoms with van der Waals surface area (Å²) in [6.07, 6.45) is 0. The molecule has 1 aliphatic rings. The van der Waals surface area contributed by atoms with Gasteiger partial charge in [-0.15, -0.1) is 0 Å². The Labute approximate surface area is 151 Å². The minimum Gasteiger partial charge on any atom is -0.496 e. The number of anilines is 1. The lowest BCUT2D eigenvalue weighted by atomic mass is 10.1. The maximum Gasteiger partial charge on any atom is 0.252 e. The van der Waals surface area contributed by atoms with Crippen molar-refractivity contribution in [1.82, 2.24) is 5.32 Å². The Hall–Kier alpha value is -2.47. The quantitative estimate of drug-likeness (QED) is 0.856. The Morgan fingerprint density at radius 3 is 2.64 bits per heavy atom. The van der Waals surface area contributed by atoms with E-state index < -0.39 is 4.75 Å². The van der Waals surface area contributed by atoms with Gasteiger partial charge in [-0.25, -0.2) is 0 Å². The minimum absolute atomic E-state index is 0.228. The fourth-order valence-electron chi connectivity index (χ4n) is 2.85. The molecule has 0 fully saturated rings. The number of thioether (sulfide) groups is 1. The van der Waals surface area contributed by atoms with Gasteiger partial charge in [0.05, 0.1) is 12.8 Å². The molecular formula is C19H20N2O3S. The van der Waals surface area contributed by atoms with Gasteiger partial charge in [-0.2, -0.15) is 0 Å². The molecule has 1 heterocycles. The normalized spacial score (nSPS) is 19.3. The number of rotatable bonds is 4. The number of carbonyl (C=O) groups excluding carboxylic acids is 2. The van der Waals surface area contributed by atoms with Crippen LogP contribution in [0.2, 0.25) is 0 Å². The summed E-state index contributed by atoms with van der Waals surface area (Å²) in [5, 5.41) is 2.88. The molecule has 0 radical (unpaired) electrons. The maximum atomic E-state index is 12.8. The summed E-state index contributed by atoms with van der Waals surface area (Å²) >= 11 is 1.29. The van der Waals surface area contributed by atoms with Gasteiger partial charge in [-0.05, 0) is 25.1 Å². The number of fused-ring (bicyclic) bond motifs is 1. The van der Waals surface area contributed by atoms with Crippen LogP contribution in [0.5, 0.6) is 5.75 Å². The first-order valence-electron chi connectivity index (χ1n) is 7.94. The van der Waals surface area contributed by atoms with Crippen molar-refractivity contribution < 1.29 is 14.3 Å². The Bertz CT molecular complexity index is 824. The summed E-state index contributed by atoms with van der Waals surface area (Å²) in [5.74, 6) is 0.168. The van der Waals surface area contributed by atoms with E-state index in [2.05, 4.69) is 5.32 Å². The summed E-state index contributed by atoms with van der Waals surface area (Å²) in [4.78, 5) is 28.1. The van der Waals surface area contributed by atoms with Crippen LogP contribution in [-0.4, -0.2) is 30.7 Å². The molecule has 0 saturated heterocycles. The van der Waals surface area contributed by atoms with Crippen LogP contribution in [0, 0.1) is 0 Å². The van der Waals surface area contributed by atoms with E-state index in [1.165, 1.54) is 11.8 Å². The van der Waals surface area contributed by atoms with Gasteiger partial charge in [-0.3, -0.25) is 9.59 Å². The lowest BCUT2D eigenvalue weighted by Crippen LogP contribution is -2.55. The molecule has 3 rings (SSSR count). The zero-order valence-electron chi connectivity index (χ0n) is 14.4. The summed E-state index contributed by atoms with van der Waals surface area (Å²) in [6.45, 7) is 1.97. The molecule has 0 aromatic heterocycles. The number of methoxy groups -OCH3 is 1. The zero-order valence-corrected chi connectivity index (χ0v) is 15.2. The van der Waals surface area contributed by atoms with Gasteiger partial charge >= 0.3 is 0 Å². The fourth-order valence-corrected chi connectivity index (χ4v) is 4.14. The van der Waals surface area contributed by atoms with Crippen molar-refractivity contribution in [3.05, 3.63) is 54.1 Å². The molecule has 0 aliphatic carbocycles. The largest absolute Gasteiger partial charge is 0.496 e. The van der Waals surface area contributed by atoms with Crippen LogP contribution in [0.15, 0.2) is 53.4 Å². The molecule has 1 unspecified atom stereocenters. The molecule has 0 spiro atoms. The summed E-state index contributed by atoms with van der Waals surface area (Å²) in [6, 6.07) is 15.1. The van der Waals surface area contributed by atoms with Crippen LogP contribution in [0.4, 0.5) is 5.69 Å². The molecule has 2 aromatic carbocycles. The fraction of sp³-hybridized carbons (Fsp3) is 0.263. The van der Waals surface area contributed by atoms with Crippen LogP contribution in [0.1, 0.15) is 12.5 Å². The highest BCUT2D eigenvalue weighted by Crippen LogP contribution is 2.44. The predicted octanol–water partition coefficient (Wildman–Crippen LogP) is 2.84. The summed E-state index contributed by atoms with van der Waals surface area (Å²) < 4.78 is 4.10. The second-order valence-electron chi connectivity index (χ2n) is 5.96. The average molecular weight is 356 g/mol. The zero-order chi connectivity index (χ0) is 18.0. The molecular weight excluding hydrogens is 336 g/mol. The average Bonchev–Trinajstić information content (AvgIpc) is 2.64. The molecule has 6 heteroatoms. The third-order valence-electron chi connectivity index (χ3n) is 4.32. The lowest BCUT2D eigenvalue weighted by Gasteiger charge is -2.37. The van der Waals surface area contributed by atoms with Crippen LogP contribution in [0.25, 0.3) is 0 Å². The smallest absolute Gasteiger partial charge is 0.252 e. The van der Waals surface area contributed by atoms with Crippen LogP contribution in [-0.2, 0) is 16.1 Å². The Balaban J connectivity index is 1.81. The van der Waals surface area contributed by atoms with Crippen molar-refractivity contribution >= 4 is 29.3 Å². The first-order chi connectivity index (χ1) is 12.0. The highest BCUT2D eigenvalue weighted by Gasteiger charge is 2.48. The molecule has 5 nitrogen and oxygen atoms in total. The SMILES string of the molecule is COc1ccccc1CNC(=O)C1(C)Sc2ccccc2N(C)C1=O. The number of amides is 2. The monoisotopic (exact) mass is 356 g/mol. The van der Waals surface area contributed by atoms with Gasteiger partial charge in [0.2, 0.25) is 5.91 Å². The van der Waals surface area contributed by atoms with Crippen LogP contribution >= 0.6 is 11.8 Å². The van der Waals surface area contributed by atoms with E-state index in [-0.39, 0.29) is 11.8 Å². The van der Waals surface area contributed by atoms with Gasteiger partial charge in [0.1, 0.15) is 5.75 Å². The van der Waals surface area contributed by atoms with E-state index in [1.54, 1.807) is 26.0 Å². The predicted molar refractivity (Wildman–Crippen MR) is 99.0 cm³/mol. The number of nitrogens with one attached hydrogen (secondary N) is 1. The number of hydrogen-bond donors (Lipinski definition) is 1. The van der Waals surface area contributed by atoms with E-state index in [4.69, 9.17) is 4.74 Å². The van der Waals surface area contributed by atoms with Crippen molar-refractivity contribution in [3.63, 3.8) is 0 Å². The third-order valence-corrected chi connectivity index (χ3v) is 5.65. The Kier molecular flexibility index (Phi) is 4.72. The van der Waals surface area contributed by atoms with Crippen molar-refractivity contribution in [2.24, 2.45) is 0 Å². The molecule has 0 saturated carbocycles. The number of benzene rings is 2. The number of carbonyl (C=O) groups is 2. The van der Waals surface area contributed by atoms with Crippen molar-refractivity contribution in [3.8, 4) is 5.75 Å². The molecule has 2 amide bonds. The first-order valence-corrected chi connectivity index (χ1v) is 8.75. The van der Waals surface area contributed by atoms with E-state index in [9.17, 15) is 9.59 Å². The van der Waals surface area contributed by atoms with Gasteiger partial charge in [0.25, 0.3) is 5.91 Å². The van der Waals surface area contributed by atoms with Crippen molar-refractivity contribution in [2.45, 2.75) is 23.1 Å². The molecule has 1 aliphatic heterocycles. The van der Waals surface area contributed by atoms with Crippen molar-refractivity contribution in [2.75, 3.05) is 19.1 Å². The first kappa shape index (κ1) is 17.4. The van der Waals surface area contributed by atoms with Crippen molar-refractivity contribution in [1.29, 1.82) is 0 Å². The van der Waals surface area contributed by atoms with Crippen LogP contribution < -0.4 is 15.0 Å². The van der Waals surface area contributed by atoms with Gasteiger partial charge in [-0.1, -0.05) is 42.1 Å². The molecule has 130 valence electrons. The summed E-state index contributed by atoms with van der Waals surface area (Å²) in [7, 11) is 3.29. The van der Waals surface area contributed by atoms with E-state index in [0.717, 1.165) is 16.1 Å². The summed E-state index contributed by atoms with van der Waals surface area (Å²) in [5.41, 5.74) is 1.69. The lowest BCUT2D eigenvalue weighted by molar-refractivity contribution is -0.131. The van der Waals surface area contributed by atoms with E-state index >= 15 is 0 Å². The van der Waals surface area contributed by atoms with Gasteiger partial charge < -0.3 is 15.0 Å². The number of nitrogens with zero attached hydrogens (tertiary/aromatic N) is 1. The topological polar surface area (TPSA) is 58.6 Å². The molecule has 1 atom stereocenters. The Morgan fingerprint density at radius 2 is 1.88 bits per heavy atom. The molecule has 2 aromatic rings. The third kappa shape index (κ3) is 3.09. The van der Waals surface area contributed by atoms with Crippen LogP contribution in [0.3, 0.4) is 0 Å². The highest BCUT2D eigenvalue weighted by molar-refractivity contribution is 8.02. The Morgan fingerprint density at radius 1 is 1.20 bits per heavy atom. The standard InChI is InChI=1S/C19H20N2O3S/c1-19(17(22)20-12-13-8-4-6-10-15(13)24-3)18(23)21(2)14-9-5-7-11-16(14)25-19/h4-11H,12H2,1-3H3,(H,20,22). The molecule has 0 bridgehead atoms. The maximum absolute atomic E-state index is 12.8. The number of hydrogen-bond acceptors (Lipinski definition) is 4. The minimum atomic E-state index is -1.20. The van der Waals surface area contributed by atoms with E-state index in [0.29, 0.717) is 12.3 Å². The number of para-hydroxylation sites is 2.